The molecular weight excluding hydrogens is 450 g/mol. The molecule has 1 saturated heterocycles. The number of likely N-dealkylation sites (N-methyl/N-ethyl adjacent to an activating group) is 1. The van der Waals surface area contributed by atoms with Crippen LogP contribution in [0.1, 0.15) is 39.3 Å². The average molecular weight is 480 g/mol. The molecule has 0 bridgehead atoms. The molecule has 6 nitrogen and oxygen atoms in total. The molecule has 1 N–H and O–H groups in total. The van der Waals surface area contributed by atoms with Gasteiger partial charge in [0.15, 0.2) is 5.69 Å². The summed E-state index contributed by atoms with van der Waals surface area (Å²) in [5.41, 5.74) is 1.55. The lowest BCUT2D eigenvalue weighted by molar-refractivity contribution is -0.137. The van der Waals surface area contributed by atoms with Gasteiger partial charge < -0.3 is 15.1 Å². The Morgan fingerprint density at radius 2 is 1.97 bits per heavy atom. The van der Waals surface area contributed by atoms with Crippen molar-refractivity contribution in [1.82, 2.24) is 24.9 Å². The molecule has 34 heavy (non-hydrogen) atoms. The number of nitrogens with one attached hydrogen (secondary N) is 1. The Morgan fingerprint density at radius 1 is 1.24 bits per heavy atom. The quantitative estimate of drug-likeness (QED) is 0.511. The van der Waals surface area contributed by atoms with Crippen LogP contribution >= 0.6 is 0 Å². The second kappa shape index (κ2) is 9.87. The van der Waals surface area contributed by atoms with E-state index in [2.05, 4.69) is 21.9 Å². The van der Waals surface area contributed by atoms with Crippen LogP contribution in [0.4, 0.5) is 17.6 Å². The number of allylic oxidation sites excluding steroid dienone is 1. The molecule has 1 aromatic heterocycles. The summed E-state index contributed by atoms with van der Waals surface area (Å²) in [6.07, 6.45) is -0.915. The van der Waals surface area contributed by atoms with Crippen LogP contribution in [0.15, 0.2) is 30.9 Å². The van der Waals surface area contributed by atoms with Gasteiger partial charge in [0.05, 0.1) is 12.1 Å². The minimum Gasteiger partial charge on any atom is -0.335 e. The topological polar surface area (TPSA) is 53.4 Å². The van der Waals surface area contributed by atoms with Crippen LogP contribution in [0.5, 0.6) is 0 Å². The second-order valence-corrected chi connectivity index (χ2v) is 9.01. The Morgan fingerprint density at radius 3 is 2.65 bits per heavy atom. The molecular formula is C24H29F4N5O. The van der Waals surface area contributed by atoms with E-state index in [9.17, 15) is 22.4 Å². The number of amides is 1. The molecule has 1 amide bonds. The molecule has 1 fully saturated rings. The molecule has 2 aliphatic rings. The fraction of sp³-hybridized carbons (Fsp3) is 0.500. The van der Waals surface area contributed by atoms with Crippen molar-refractivity contribution in [2.45, 2.75) is 44.6 Å². The fourth-order valence-electron chi connectivity index (χ4n) is 4.64. The van der Waals surface area contributed by atoms with E-state index in [1.807, 2.05) is 16.6 Å². The highest BCUT2D eigenvalue weighted by Crippen LogP contribution is 2.31. The monoisotopic (exact) mass is 479 g/mol. The minimum atomic E-state index is -4.60. The number of alkyl halides is 3. The first kappa shape index (κ1) is 24.4. The molecule has 184 valence electrons. The van der Waals surface area contributed by atoms with E-state index in [-0.39, 0.29) is 24.1 Å². The molecule has 4 rings (SSSR count). The van der Waals surface area contributed by atoms with Gasteiger partial charge in [0.2, 0.25) is 0 Å². The number of aromatic nitrogens is 2. The van der Waals surface area contributed by atoms with E-state index in [4.69, 9.17) is 0 Å². The first-order valence-corrected chi connectivity index (χ1v) is 11.4. The van der Waals surface area contributed by atoms with Gasteiger partial charge in [0.1, 0.15) is 5.82 Å². The van der Waals surface area contributed by atoms with E-state index in [0.29, 0.717) is 44.2 Å². The highest BCUT2D eigenvalue weighted by atomic mass is 19.4. The number of hydrogen-bond acceptors (Lipinski definition) is 4. The Kier molecular flexibility index (Phi) is 7.09. The van der Waals surface area contributed by atoms with Crippen LogP contribution in [0.2, 0.25) is 0 Å². The third kappa shape index (κ3) is 5.33. The van der Waals surface area contributed by atoms with Gasteiger partial charge in [-0.25, -0.2) is 4.39 Å². The van der Waals surface area contributed by atoms with Crippen molar-refractivity contribution >= 4 is 5.91 Å². The number of halogens is 4. The van der Waals surface area contributed by atoms with Crippen molar-refractivity contribution in [3.8, 4) is 0 Å². The van der Waals surface area contributed by atoms with E-state index in [1.165, 1.54) is 0 Å². The number of fused-ring (bicyclic) bond motifs is 1. The van der Waals surface area contributed by atoms with E-state index in [1.54, 1.807) is 6.08 Å². The molecule has 2 heterocycles. The van der Waals surface area contributed by atoms with E-state index < -0.39 is 17.6 Å². The summed E-state index contributed by atoms with van der Waals surface area (Å²) >= 11 is 0. The van der Waals surface area contributed by atoms with Crippen molar-refractivity contribution in [3.63, 3.8) is 0 Å². The Labute approximate surface area is 196 Å². The summed E-state index contributed by atoms with van der Waals surface area (Å²) < 4.78 is 54.6. The molecule has 0 radical (unpaired) electrons. The van der Waals surface area contributed by atoms with Crippen molar-refractivity contribution in [3.05, 3.63) is 64.7 Å². The first-order valence-electron chi connectivity index (χ1n) is 11.4. The number of hydrogen-bond donors (Lipinski definition) is 1. The largest absolute Gasteiger partial charge is 0.416 e. The van der Waals surface area contributed by atoms with Gasteiger partial charge in [-0.3, -0.25) is 9.48 Å². The van der Waals surface area contributed by atoms with Crippen LogP contribution in [0.3, 0.4) is 0 Å². The molecule has 10 heteroatoms. The van der Waals surface area contributed by atoms with Gasteiger partial charge in [-0.1, -0.05) is 6.08 Å². The van der Waals surface area contributed by atoms with Crippen molar-refractivity contribution in [2.24, 2.45) is 0 Å². The molecule has 1 aromatic carbocycles. The van der Waals surface area contributed by atoms with Crippen LogP contribution in [0, 0.1) is 5.82 Å². The lowest BCUT2D eigenvalue weighted by Gasteiger charge is -2.32. The maximum absolute atomic E-state index is 13.7. The predicted molar refractivity (Wildman–Crippen MR) is 120 cm³/mol. The minimum absolute atomic E-state index is 0.0643. The number of rotatable bonds is 6. The van der Waals surface area contributed by atoms with E-state index in [0.717, 1.165) is 42.9 Å². The zero-order valence-electron chi connectivity index (χ0n) is 19.2. The summed E-state index contributed by atoms with van der Waals surface area (Å²) in [7, 11) is 2.02. The highest BCUT2D eigenvalue weighted by Gasteiger charge is 2.33. The Bertz CT molecular complexity index is 1060. The average Bonchev–Trinajstić information content (AvgIpc) is 3.15. The first-order chi connectivity index (χ1) is 16.2. The fourth-order valence-corrected chi connectivity index (χ4v) is 4.64. The van der Waals surface area contributed by atoms with Crippen LogP contribution in [-0.2, 0) is 32.1 Å². The summed E-state index contributed by atoms with van der Waals surface area (Å²) in [4.78, 5) is 17.3. The van der Waals surface area contributed by atoms with Gasteiger partial charge >= 0.3 is 6.18 Å². The zero-order chi connectivity index (χ0) is 24.5. The van der Waals surface area contributed by atoms with Gasteiger partial charge in [0.25, 0.3) is 5.91 Å². The standard InChI is InChI=1S/C24H29F4N5O/c1-3-6-33-21-5-4-19(29-15-16-11-17(24(26,27)28)13-18(25)12-16)14-20(21)22(30-33)23(34)32-9-7-31(2)8-10-32/h3,11-13,19,29H,1,4-10,14-15H2,2H3. The highest BCUT2D eigenvalue weighted by molar-refractivity contribution is 5.94. The third-order valence-electron chi connectivity index (χ3n) is 6.52. The van der Waals surface area contributed by atoms with Gasteiger partial charge in [0, 0.05) is 50.0 Å². The molecule has 1 atom stereocenters. The zero-order valence-corrected chi connectivity index (χ0v) is 19.2. The lowest BCUT2D eigenvalue weighted by atomic mass is 9.90. The van der Waals surface area contributed by atoms with Crippen molar-refractivity contribution in [1.29, 1.82) is 0 Å². The normalized spacial score (nSPS) is 19.2. The molecule has 1 aliphatic heterocycles. The SMILES string of the molecule is C=CCn1nc(C(=O)N2CCN(C)CC2)c2c1CCC(NCc1cc(F)cc(C(F)(F)F)c1)C2. The maximum atomic E-state index is 13.7. The third-order valence-corrected chi connectivity index (χ3v) is 6.52. The van der Waals surface area contributed by atoms with Crippen molar-refractivity contribution < 1.29 is 22.4 Å². The van der Waals surface area contributed by atoms with Gasteiger partial charge in [-0.05, 0) is 50.1 Å². The maximum Gasteiger partial charge on any atom is 0.416 e. The van der Waals surface area contributed by atoms with E-state index >= 15 is 0 Å². The summed E-state index contributed by atoms with van der Waals surface area (Å²) in [6.45, 7) is 7.27. The summed E-state index contributed by atoms with van der Waals surface area (Å²) in [5, 5.41) is 7.87. The summed E-state index contributed by atoms with van der Waals surface area (Å²) in [5.74, 6) is -1.00. The number of benzene rings is 1. The molecule has 0 saturated carbocycles. The van der Waals surface area contributed by atoms with Gasteiger partial charge in [-0.15, -0.1) is 6.58 Å². The molecule has 2 aromatic rings. The number of piperazine rings is 1. The molecule has 1 unspecified atom stereocenters. The van der Waals surface area contributed by atoms with Crippen LogP contribution in [-0.4, -0.2) is 64.8 Å². The molecule has 0 spiro atoms. The van der Waals surface area contributed by atoms with Crippen molar-refractivity contribution in [2.75, 3.05) is 33.2 Å². The predicted octanol–water partition coefficient (Wildman–Crippen LogP) is 3.26. The Balaban J connectivity index is 1.50. The summed E-state index contributed by atoms with van der Waals surface area (Å²) in [6, 6.07) is 2.52. The smallest absolute Gasteiger partial charge is 0.335 e. The number of carbonyl (C=O) groups excluding carboxylic acids is 1. The number of nitrogens with zero attached hydrogens (tertiary/aromatic N) is 4. The van der Waals surface area contributed by atoms with Crippen LogP contribution < -0.4 is 5.32 Å². The Hall–Kier alpha value is -2.72. The molecule has 1 aliphatic carbocycles. The van der Waals surface area contributed by atoms with Crippen LogP contribution in [0.25, 0.3) is 0 Å². The van der Waals surface area contributed by atoms with Gasteiger partial charge in [-0.2, -0.15) is 18.3 Å². The lowest BCUT2D eigenvalue weighted by Crippen LogP contribution is -2.47. The second-order valence-electron chi connectivity index (χ2n) is 9.01. The number of carbonyl (C=O) groups is 1.